The third kappa shape index (κ3) is 6.59. The Kier molecular flexibility index (Phi) is 8.07. The quantitative estimate of drug-likeness (QED) is 0.592. The molecule has 2 aromatic rings. The van der Waals surface area contributed by atoms with Crippen molar-refractivity contribution in [2.24, 2.45) is 5.41 Å². The predicted molar refractivity (Wildman–Crippen MR) is 127 cm³/mol. The molecule has 30 heavy (non-hydrogen) atoms. The first-order chi connectivity index (χ1) is 14.0. The second-order valence-corrected chi connectivity index (χ2v) is 10.1. The Hall–Kier alpha value is -2.34. The second-order valence-electron chi connectivity index (χ2n) is 9.19. The second kappa shape index (κ2) is 10.1. The number of carbonyl (C=O) groups excluding carboxylic acids is 2. The van der Waals surface area contributed by atoms with Gasteiger partial charge in [0, 0.05) is 44.5 Å². The van der Waals surface area contributed by atoms with Crippen LogP contribution in [0.25, 0.3) is 0 Å². The van der Waals surface area contributed by atoms with Crippen LogP contribution in [0.4, 0.5) is 11.4 Å². The van der Waals surface area contributed by atoms with Crippen LogP contribution in [0.5, 0.6) is 0 Å². The van der Waals surface area contributed by atoms with E-state index in [2.05, 4.69) is 19.2 Å². The van der Waals surface area contributed by atoms with Crippen LogP contribution in [0, 0.1) is 5.41 Å². The highest BCUT2D eigenvalue weighted by Gasteiger charge is 2.23. The molecule has 1 aromatic carbocycles. The van der Waals surface area contributed by atoms with Gasteiger partial charge in [0.25, 0.3) is 5.91 Å². The van der Waals surface area contributed by atoms with Crippen molar-refractivity contribution >= 4 is 34.5 Å². The van der Waals surface area contributed by atoms with Gasteiger partial charge in [-0.3, -0.25) is 9.59 Å². The standard InChI is InChI=1S/C24H35N3O2S/c1-8-17(2)27(23(29)21-10-9-13-30-21)16-18-14-19(11-12-20(18)26(6)7)25-22(28)15-24(3,4)5/h9-14,17H,8,15-16H2,1-7H3,(H,25,28)/t17-/m1/s1. The molecule has 0 unspecified atom stereocenters. The number of nitrogens with zero attached hydrogens (tertiary/aromatic N) is 2. The smallest absolute Gasteiger partial charge is 0.264 e. The van der Waals surface area contributed by atoms with Crippen LogP contribution in [0.1, 0.15) is 62.7 Å². The van der Waals surface area contributed by atoms with E-state index >= 15 is 0 Å². The van der Waals surface area contributed by atoms with Crippen LogP contribution in [0.3, 0.4) is 0 Å². The maximum absolute atomic E-state index is 13.2. The number of anilines is 2. The summed E-state index contributed by atoms with van der Waals surface area (Å²) in [5, 5.41) is 4.95. The molecular formula is C24H35N3O2S. The zero-order valence-electron chi connectivity index (χ0n) is 19.3. The number of amides is 2. The van der Waals surface area contributed by atoms with Crippen molar-refractivity contribution in [3.8, 4) is 0 Å². The van der Waals surface area contributed by atoms with Gasteiger partial charge in [0.2, 0.25) is 5.91 Å². The van der Waals surface area contributed by atoms with E-state index < -0.39 is 0 Å². The molecule has 1 atom stereocenters. The van der Waals surface area contributed by atoms with Gasteiger partial charge in [-0.05, 0) is 54.0 Å². The first-order valence-corrected chi connectivity index (χ1v) is 11.3. The third-order valence-corrected chi connectivity index (χ3v) is 5.85. The summed E-state index contributed by atoms with van der Waals surface area (Å²) >= 11 is 1.47. The minimum Gasteiger partial charge on any atom is -0.377 e. The van der Waals surface area contributed by atoms with Gasteiger partial charge in [0.05, 0.1) is 4.88 Å². The zero-order valence-corrected chi connectivity index (χ0v) is 20.1. The highest BCUT2D eigenvalue weighted by Crippen LogP contribution is 2.28. The molecule has 0 saturated heterocycles. The SMILES string of the molecule is CC[C@@H](C)N(Cc1cc(NC(=O)CC(C)(C)C)ccc1N(C)C)C(=O)c1cccs1. The van der Waals surface area contributed by atoms with Crippen molar-refractivity contribution in [3.63, 3.8) is 0 Å². The van der Waals surface area contributed by atoms with Crippen molar-refractivity contribution in [2.75, 3.05) is 24.3 Å². The molecular weight excluding hydrogens is 394 g/mol. The van der Waals surface area contributed by atoms with Gasteiger partial charge in [0.1, 0.15) is 0 Å². The first kappa shape index (κ1) is 23.9. The molecule has 6 heteroatoms. The number of nitrogens with one attached hydrogen (secondary N) is 1. The molecule has 1 N–H and O–H groups in total. The fraction of sp³-hybridized carbons (Fsp3) is 0.500. The Balaban J connectivity index is 2.33. The summed E-state index contributed by atoms with van der Waals surface area (Å²) in [4.78, 5) is 30.3. The van der Waals surface area contributed by atoms with E-state index in [-0.39, 0.29) is 23.3 Å². The topological polar surface area (TPSA) is 52.7 Å². The average Bonchev–Trinajstić information content (AvgIpc) is 3.18. The molecule has 1 heterocycles. The summed E-state index contributed by atoms with van der Waals surface area (Å²) in [6.07, 6.45) is 1.32. The van der Waals surface area contributed by atoms with E-state index in [1.54, 1.807) is 0 Å². The number of hydrogen-bond donors (Lipinski definition) is 1. The summed E-state index contributed by atoms with van der Waals surface area (Å²) in [6, 6.07) is 9.81. The Morgan fingerprint density at radius 1 is 1.17 bits per heavy atom. The number of benzene rings is 1. The van der Waals surface area contributed by atoms with Crippen molar-refractivity contribution in [1.29, 1.82) is 0 Å². The lowest BCUT2D eigenvalue weighted by molar-refractivity contribution is -0.117. The molecule has 0 aliphatic carbocycles. The summed E-state index contributed by atoms with van der Waals surface area (Å²) < 4.78 is 0. The summed E-state index contributed by atoms with van der Waals surface area (Å²) in [5.74, 6) is 0.0470. The maximum atomic E-state index is 13.2. The molecule has 0 saturated carbocycles. The lowest BCUT2D eigenvalue weighted by atomic mass is 9.92. The minimum absolute atomic E-state index is 0.000465. The number of hydrogen-bond acceptors (Lipinski definition) is 4. The maximum Gasteiger partial charge on any atom is 0.264 e. The Bertz CT molecular complexity index is 854. The third-order valence-electron chi connectivity index (χ3n) is 4.99. The first-order valence-electron chi connectivity index (χ1n) is 10.5. The highest BCUT2D eigenvalue weighted by molar-refractivity contribution is 7.12. The van der Waals surface area contributed by atoms with Gasteiger partial charge in [-0.15, -0.1) is 11.3 Å². The largest absolute Gasteiger partial charge is 0.377 e. The molecule has 2 rings (SSSR count). The Morgan fingerprint density at radius 3 is 2.40 bits per heavy atom. The molecule has 164 valence electrons. The summed E-state index contributed by atoms with van der Waals surface area (Å²) in [5.41, 5.74) is 2.74. The van der Waals surface area contributed by atoms with E-state index in [1.165, 1.54) is 11.3 Å². The molecule has 0 bridgehead atoms. The van der Waals surface area contributed by atoms with Crippen molar-refractivity contribution in [2.45, 2.75) is 60.0 Å². The Labute approximate surface area is 185 Å². The molecule has 0 fully saturated rings. The van der Waals surface area contributed by atoms with Crippen LogP contribution in [-0.2, 0) is 11.3 Å². The molecule has 0 spiro atoms. The van der Waals surface area contributed by atoms with E-state index in [0.717, 1.165) is 28.2 Å². The van der Waals surface area contributed by atoms with Crippen LogP contribution in [0.15, 0.2) is 35.7 Å². The van der Waals surface area contributed by atoms with Gasteiger partial charge < -0.3 is 15.1 Å². The van der Waals surface area contributed by atoms with Gasteiger partial charge >= 0.3 is 0 Å². The number of thiophene rings is 1. The molecule has 1 aromatic heterocycles. The van der Waals surface area contributed by atoms with Gasteiger partial charge in [0.15, 0.2) is 0 Å². The van der Waals surface area contributed by atoms with Gasteiger partial charge in [-0.2, -0.15) is 0 Å². The van der Waals surface area contributed by atoms with E-state index in [0.29, 0.717) is 13.0 Å². The summed E-state index contributed by atoms with van der Waals surface area (Å²) in [7, 11) is 3.98. The van der Waals surface area contributed by atoms with E-state index in [9.17, 15) is 9.59 Å². The monoisotopic (exact) mass is 429 g/mol. The zero-order chi connectivity index (χ0) is 22.5. The molecule has 0 aliphatic heterocycles. The highest BCUT2D eigenvalue weighted by atomic mass is 32.1. The van der Waals surface area contributed by atoms with Crippen molar-refractivity contribution < 1.29 is 9.59 Å². The fourth-order valence-corrected chi connectivity index (χ4v) is 3.97. The van der Waals surface area contributed by atoms with Crippen molar-refractivity contribution in [3.05, 3.63) is 46.2 Å². The fourth-order valence-electron chi connectivity index (χ4n) is 3.29. The lowest BCUT2D eigenvalue weighted by Gasteiger charge is -2.30. The lowest BCUT2D eigenvalue weighted by Crippen LogP contribution is -2.37. The van der Waals surface area contributed by atoms with Crippen LogP contribution in [-0.4, -0.2) is 36.9 Å². The van der Waals surface area contributed by atoms with Gasteiger partial charge in [-0.25, -0.2) is 0 Å². The van der Waals surface area contributed by atoms with Crippen LogP contribution >= 0.6 is 11.3 Å². The van der Waals surface area contributed by atoms with E-state index in [4.69, 9.17) is 0 Å². The molecule has 2 amide bonds. The Morgan fingerprint density at radius 2 is 1.87 bits per heavy atom. The van der Waals surface area contributed by atoms with Crippen LogP contribution < -0.4 is 10.2 Å². The van der Waals surface area contributed by atoms with Crippen LogP contribution in [0.2, 0.25) is 0 Å². The molecule has 0 aliphatic rings. The normalized spacial score (nSPS) is 12.4. The molecule has 5 nitrogen and oxygen atoms in total. The number of rotatable bonds is 8. The molecule has 0 radical (unpaired) electrons. The number of carbonyl (C=O) groups is 2. The van der Waals surface area contributed by atoms with Crippen molar-refractivity contribution in [1.82, 2.24) is 4.90 Å². The summed E-state index contributed by atoms with van der Waals surface area (Å²) in [6.45, 7) is 10.8. The van der Waals surface area contributed by atoms with Gasteiger partial charge in [-0.1, -0.05) is 33.8 Å². The average molecular weight is 430 g/mol. The van der Waals surface area contributed by atoms with E-state index in [1.807, 2.05) is 80.4 Å². The minimum atomic E-state index is -0.0724. The predicted octanol–water partition coefficient (Wildman–Crippen LogP) is 5.63.